The van der Waals surface area contributed by atoms with Gasteiger partial charge in [-0.15, -0.1) is 0 Å². The molecule has 1 saturated heterocycles. The zero-order valence-corrected chi connectivity index (χ0v) is 10.7. The van der Waals surface area contributed by atoms with E-state index in [1.165, 1.54) is 0 Å². The Bertz CT molecular complexity index is 674. The molecule has 19 heavy (non-hydrogen) atoms. The van der Waals surface area contributed by atoms with Crippen molar-refractivity contribution in [3.63, 3.8) is 0 Å². The molecule has 0 aliphatic carbocycles. The van der Waals surface area contributed by atoms with E-state index in [-0.39, 0.29) is 11.1 Å². The number of nitrogens with zero attached hydrogens (tertiary/aromatic N) is 1. The summed E-state index contributed by atoms with van der Waals surface area (Å²) >= 11 is 0.924. The van der Waals surface area contributed by atoms with E-state index in [2.05, 4.69) is 5.32 Å². The van der Waals surface area contributed by atoms with Gasteiger partial charge in [-0.1, -0.05) is 18.2 Å². The molecule has 2 aromatic rings. The Labute approximate surface area is 114 Å². The Morgan fingerprint density at radius 1 is 1.05 bits per heavy atom. The van der Waals surface area contributed by atoms with Gasteiger partial charge in [0.15, 0.2) is 0 Å². The van der Waals surface area contributed by atoms with E-state index in [1.54, 1.807) is 6.08 Å². The van der Waals surface area contributed by atoms with Gasteiger partial charge in [0, 0.05) is 17.6 Å². The molecule has 0 saturated carbocycles. The molecule has 94 valence electrons. The average molecular weight is 270 g/mol. The van der Waals surface area contributed by atoms with Crippen LogP contribution in [0.1, 0.15) is 5.69 Å². The molecule has 5 heteroatoms. The van der Waals surface area contributed by atoms with Crippen LogP contribution in [0.25, 0.3) is 11.8 Å². The lowest BCUT2D eigenvalue weighted by Gasteiger charge is -2.06. The first-order valence-corrected chi connectivity index (χ1v) is 6.53. The van der Waals surface area contributed by atoms with Crippen molar-refractivity contribution in [3.8, 4) is 5.69 Å². The van der Waals surface area contributed by atoms with Crippen LogP contribution in [0.3, 0.4) is 0 Å². The number of rotatable bonds is 2. The van der Waals surface area contributed by atoms with Crippen molar-refractivity contribution in [1.29, 1.82) is 0 Å². The first-order chi connectivity index (χ1) is 9.24. The summed E-state index contributed by atoms with van der Waals surface area (Å²) in [5.41, 5.74) is 1.87. The second-order valence-corrected chi connectivity index (χ2v) is 5.01. The largest absolute Gasteiger partial charge is 0.317 e. The summed E-state index contributed by atoms with van der Waals surface area (Å²) in [7, 11) is 0. The highest BCUT2D eigenvalue weighted by molar-refractivity contribution is 8.18. The third-order valence-corrected chi connectivity index (χ3v) is 3.55. The number of benzene rings is 1. The molecular weight excluding hydrogens is 260 g/mol. The van der Waals surface area contributed by atoms with E-state index in [9.17, 15) is 9.59 Å². The number of hydrogen-bond acceptors (Lipinski definition) is 3. The van der Waals surface area contributed by atoms with E-state index in [1.807, 2.05) is 53.2 Å². The normalized spacial score (nSPS) is 16.9. The zero-order valence-electron chi connectivity index (χ0n) is 9.87. The zero-order chi connectivity index (χ0) is 13.2. The molecule has 1 aliphatic rings. The maximum Gasteiger partial charge on any atom is 0.290 e. The van der Waals surface area contributed by atoms with Crippen molar-refractivity contribution >= 4 is 29.0 Å². The van der Waals surface area contributed by atoms with E-state index < -0.39 is 0 Å². The summed E-state index contributed by atoms with van der Waals surface area (Å²) < 4.78 is 1.96. The van der Waals surface area contributed by atoms with E-state index in [0.717, 1.165) is 23.1 Å². The predicted octanol–water partition coefficient (Wildman–Crippen LogP) is 2.80. The number of hydrogen-bond donors (Lipinski definition) is 1. The minimum atomic E-state index is -0.337. The summed E-state index contributed by atoms with van der Waals surface area (Å²) in [5.74, 6) is -0.337. The number of para-hydroxylation sites is 1. The molecule has 1 aromatic heterocycles. The number of nitrogens with one attached hydrogen (secondary N) is 1. The molecule has 1 fully saturated rings. The first-order valence-electron chi connectivity index (χ1n) is 5.72. The van der Waals surface area contributed by atoms with Gasteiger partial charge in [-0.05, 0) is 42.1 Å². The fraction of sp³-hybridized carbons (Fsp3) is 0. The van der Waals surface area contributed by atoms with E-state index in [4.69, 9.17) is 0 Å². The van der Waals surface area contributed by atoms with Gasteiger partial charge in [0.1, 0.15) is 0 Å². The van der Waals surface area contributed by atoms with Crippen molar-refractivity contribution in [3.05, 3.63) is 59.3 Å². The smallest absolute Gasteiger partial charge is 0.290 e. The molecule has 0 spiro atoms. The van der Waals surface area contributed by atoms with E-state index in [0.29, 0.717) is 4.91 Å². The van der Waals surface area contributed by atoms with Gasteiger partial charge < -0.3 is 4.57 Å². The Balaban J connectivity index is 2.00. The standard InChI is InChI=1S/C14H10N2O2S/c17-13-12(19-14(18)15-13)9-11-7-4-8-16(11)10-5-2-1-3-6-10/h1-9H,(H,15,17,18)/b12-9+. The van der Waals surface area contributed by atoms with Gasteiger partial charge in [0.2, 0.25) is 0 Å². The van der Waals surface area contributed by atoms with Crippen molar-refractivity contribution in [1.82, 2.24) is 9.88 Å². The number of amides is 2. The Hall–Kier alpha value is -2.27. The maximum atomic E-state index is 11.5. The molecular formula is C14H10N2O2S. The molecule has 1 aliphatic heterocycles. The molecule has 2 amide bonds. The Kier molecular flexibility index (Phi) is 2.97. The van der Waals surface area contributed by atoms with Crippen molar-refractivity contribution in [2.24, 2.45) is 0 Å². The molecule has 3 rings (SSSR count). The van der Waals surface area contributed by atoms with Gasteiger partial charge in [-0.25, -0.2) is 0 Å². The summed E-state index contributed by atoms with van der Waals surface area (Å²) in [4.78, 5) is 23.1. The molecule has 0 radical (unpaired) electrons. The van der Waals surface area contributed by atoms with Gasteiger partial charge in [0.05, 0.1) is 4.91 Å². The summed E-state index contributed by atoms with van der Waals surface area (Å²) in [6.07, 6.45) is 3.64. The van der Waals surface area contributed by atoms with Crippen molar-refractivity contribution in [2.45, 2.75) is 0 Å². The van der Waals surface area contributed by atoms with Crippen molar-refractivity contribution < 1.29 is 9.59 Å². The minimum Gasteiger partial charge on any atom is -0.317 e. The summed E-state index contributed by atoms with van der Waals surface area (Å²) in [6.45, 7) is 0. The van der Waals surface area contributed by atoms with Crippen molar-refractivity contribution in [2.75, 3.05) is 0 Å². The number of carbonyl (C=O) groups excluding carboxylic acids is 2. The third kappa shape index (κ3) is 2.32. The summed E-state index contributed by atoms with van der Waals surface area (Å²) in [6, 6.07) is 13.6. The van der Waals surface area contributed by atoms with Crippen LogP contribution in [0.4, 0.5) is 4.79 Å². The number of aromatic nitrogens is 1. The lowest BCUT2D eigenvalue weighted by atomic mass is 10.3. The monoisotopic (exact) mass is 270 g/mol. The molecule has 1 N–H and O–H groups in total. The Morgan fingerprint density at radius 2 is 1.84 bits per heavy atom. The Morgan fingerprint density at radius 3 is 2.53 bits per heavy atom. The van der Waals surface area contributed by atoms with Crippen LogP contribution in [-0.4, -0.2) is 15.7 Å². The second kappa shape index (κ2) is 4.78. The van der Waals surface area contributed by atoms with Crippen LogP contribution in [-0.2, 0) is 4.79 Å². The van der Waals surface area contributed by atoms with Crippen LogP contribution in [0.15, 0.2) is 53.6 Å². The molecule has 0 bridgehead atoms. The second-order valence-electron chi connectivity index (χ2n) is 3.99. The minimum absolute atomic E-state index is 0.325. The van der Waals surface area contributed by atoms with Gasteiger partial charge in [-0.3, -0.25) is 14.9 Å². The lowest BCUT2D eigenvalue weighted by molar-refractivity contribution is -0.115. The maximum absolute atomic E-state index is 11.5. The highest BCUT2D eigenvalue weighted by Crippen LogP contribution is 2.26. The van der Waals surface area contributed by atoms with Gasteiger partial charge in [-0.2, -0.15) is 0 Å². The van der Waals surface area contributed by atoms with Crippen LogP contribution in [0.2, 0.25) is 0 Å². The number of imide groups is 1. The number of carbonyl (C=O) groups is 2. The molecule has 1 aromatic carbocycles. The SMILES string of the molecule is O=C1NC(=O)/C(=C\c2cccn2-c2ccccc2)S1. The molecule has 0 unspecified atom stereocenters. The number of thioether (sulfide) groups is 1. The van der Waals surface area contributed by atoms with Crippen LogP contribution < -0.4 is 5.32 Å². The fourth-order valence-electron chi connectivity index (χ4n) is 1.89. The molecule has 4 nitrogen and oxygen atoms in total. The van der Waals surface area contributed by atoms with Crippen LogP contribution in [0, 0.1) is 0 Å². The van der Waals surface area contributed by atoms with Gasteiger partial charge in [0.25, 0.3) is 11.1 Å². The molecule has 2 heterocycles. The van der Waals surface area contributed by atoms with Crippen LogP contribution in [0.5, 0.6) is 0 Å². The topological polar surface area (TPSA) is 51.1 Å². The predicted molar refractivity (Wildman–Crippen MR) is 74.9 cm³/mol. The van der Waals surface area contributed by atoms with Gasteiger partial charge >= 0.3 is 0 Å². The quantitative estimate of drug-likeness (QED) is 0.854. The highest BCUT2D eigenvalue weighted by atomic mass is 32.2. The highest BCUT2D eigenvalue weighted by Gasteiger charge is 2.25. The lowest BCUT2D eigenvalue weighted by Crippen LogP contribution is -2.17. The van der Waals surface area contributed by atoms with Crippen LogP contribution >= 0.6 is 11.8 Å². The fourth-order valence-corrected chi connectivity index (χ4v) is 2.56. The summed E-state index contributed by atoms with van der Waals surface area (Å²) in [5, 5.41) is 1.92. The third-order valence-electron chi connectivity index (χ3n) is 2.74. The first kappa shape index (κ1) is 11.8. The average Bonchev–Trinajstić information content (AvgIpc) is 2.98. The van der Waals surface area contributed by atoms with E-state index >= 15 is 0 Å². The molecule has 0 atom stereocenters.